The number of hydrogen-bond donors (Lipinski definition) is 2. The van der Waals surface area contributed by atoms with Crippen LogP contribution in [0.3, 0.4) is 0 Å². The fourth-order valence-corrected chi connectivity index (χ4v) is 5.55. The molecule has 4 bridgehead atoms. The molecule has 5 heteroatoms. The van der Waals surface area contributed by atoms with Crippen molar-refractivity contribution in [3.63, 3.8) is 0 Å². The molecule has 23 heavy (non-hydrogen) atoms. The zero-order chi connectivity index (χ0) is 15.9. The summed E-state index contributed by atoms with van der Waals surface area (Å²) in [6.07, 6.45) is 12.5. The number of thiocarbonyl (C=S) groups is 1. The highest BCUT2D eigenvalue weighted by Crippen LogP contribution is 2.55. The van der Waals surface area contributed by atoms with Gasteiger partial charge in [-0.25, -0.2) is 0 Å². The smallest absolute Gasteiger partial charge is 0.250 e. The Kier molecular flexibility index (Phi) is 3.76. The molecule has 5 rings (SSSR count). The molecule has 1 heterocycles. The molecule has 0 atom stereocenters. The van der Waals surface area contributed by atoms with Crippen LogP contribution < -0.4 is 10.6 Å². The lowest BCUT2D eigenvalue weighted by atomic mass is 9.53. The Hall–Kier alpha value is -1.62. The summed E-state index contributed by atoms with van der Waals surface area (Å²) in [6, 6.07) is 3.59. The van der Waals surface area contributed by atoms with E-state index in [1.807, 2.05) is 0 Å². The van der Waals surface area contributed by atoms with Gasteiger partial charge in [0.25, 0.3) is 0 Å². The third-order valence-electron chi connectivity index (χ3n) is 5.60. The normalized spacial score (nSPS) is 34.7. The van der Waals surface area contributed by atoms with Gasteiger partial charge in [-0.1, -0.05) is 0 Å². The molecule has 1 amide bonds. The van der Waals surface area contributed by atoms with E-state index in [4.69, 9.17) is 16.6 Å². The Labute approximate surface area is 141 Å². The first-order valence-corrected chi connectivity index (χ1v) is 8.86. The van der Waals surface area contributed by atoms with Crippen molar-refractivity contribution in [3.8, 4) is 0 Å². The van der Waals surface area contributed by atoms with Gasteiger partial charge in [-0.2, -0.15) is 0 Å². The molecule has 4 aliphatic carbocycles. The quantitative estimate of drug-likeness (QED) is 0.660. The van der Waals surface area contributed by atoms with Crippen molar-refractivity contribution >= 4 is 29.3 Å². The van der Waals surface area contributed by atoms with Gasteiger partial charge in [0.2, 0.25) is 5.91 Å². The third-order valence-corrected chi connectivity index (χ3v) is 5.80. The predicted octanol–water partition coefficient (Wildman–Crippen LogP) is 3.25. The molecular formula is C18H22N2O2S. The van der Waals surface area contributed by atoms with E-state index in [0.717, 1.165) is 17.8 Å². The van der Waals surface area contributed by atoms with Crippen molar-refractivity contribution in [2.75, 3.05) is 0 Å². The van der Waals surface area contributed by atoms with Gasteiger partial charge in [0.1, 0.15) is 5.76 Å². The lowest BCUT2D eigenvalue weighted by molar-refractivity contribution is -0.115. The number of hydrogen-bond acceptors (Lipinski definition) is 3. The summed E-state index contributed by atoms with van der Waals surface area (Å²) in [5.74, 6) is 2.99. The van der Waals surface area contributed by atoms with Crippen LogP contribution in [-0.2, 0) is 4.79 Å². The van der Waals surface area contributed by atoms with Crippen LogP contribution in [0.2, 0.25) is 0 Å². The van der Waals surface area contributed by atoms with Crippen molar-refractivity contribution in [1.82, 2.24) is 10.6 Å². The molecule has 4 fully saturated rings. The summed E-state index contributed by atoms with van der Waals surface area (Å²) in [6.45, 7) is 0. The molecule has 4 nitrogen and oxygen atoms in total. The van der Waals surface area contributed by atoms with Crippen LogP contribution in [-0.4, -0.2) is 16.6 Å². The summed E-state index contributed by atoms with van der Waals surface area (Å²) in [5.41, 5.74) is 0.129. The number of carbonyl (C=O) groups is 1. The number of amides is 1. The van der Waals surface area contributed by atoms with E-state index < -0.39 is 0 Å². The average Bonchev–Trinajstić information content (AvgIpc) is 2.96. The molecule has 2 N–H and O–H groups in total. The maximum Gasteiger partial charge on any atom is 0.250 e. The van der Waals surface area contributed by atoms with E-state index in [9.17, 15) is 4.79 Å². The highest BCUT2D eigenvalue weighted by Gasteiger charge is 2.51. The van der Waals surface area contributed by atoms with Crippen molar-refractivity contribution < 1.29 is 9.21 Å². The second-order valence-corrected chi connectivity index (χ2v) is 7.90. The molecule has 0 aliphatic heterocycles. The summed E-state index contributed by atoms with van der Waals surface area (Å²) < 4.78 is 5.16. The van der Waals surface area contributed by atoms with Gasteiger partial charge in [-0.05, 0) is 86.7 Å². The van der Waals surface area contributed by atoms with Crippen LogP contribution >= 0.6 is 12.2 Å². The lowest BCUT2D eigenvalue weighted by Crippen LogP contribution is -2.61. The van der Waals surface area contributed by atoms with Crippen LogP contribution in [0.4, 0.5) is 0 Å². The number of rotatable bonds is 3. The first-order chi connectivity index (χ1) is 11.1. The van der Waals surface area contributed by atoms with Crippen molar-refractivity contribution in [1.29, 1.82) is 0 Å². The largest absolute Gasteiger partial charge is 0.465 e. The van der Waals surface area contributed by atoms with Gasteiger partial charge in [-0.15, -0.1) is 0 Å². The van der Waals surface area contributed by atoms with Gasteiger partial charge < -0.3 is 9.73 Å². The highest BCUT2D eigenvalue weighted by molar-refractivity contribution is 7.80. The third kappa shape index (κ3) is 3.20. The van der Waals surface area contributed by atoms with E-state index in [0.29, 0.717) is 10.9 Å². The standard InChI is InChI=1S/C18H22N2O2S/c21-16(4-3-15-2-1-5-22-15)19-17(23)20-18-9-12-6-13(10-18)8-14(7-12)11-18/h1-5,12-14H,6-11H2,(H2,19,20,21,23). The van der Waals surface area contributed by atoms with Gasteiger partial charge in [-0.3, -0.25) is 10.1 Å². The minimum absolute atomic E-state index is 0.129. The second kappa shape index (κ2) is 5.78. The summed E-state index contributed by atoms with van der Waals surface area (Å²) in [5, 5.41) is 6.72. The fraction of sp³-hybridized carbons (Fsp3) is 0.556. The topological polar surface area (TPSA) is 54.3 Å². The van der Waals surface area contributed by atoms with E-state index >= 15 is 0 Å². The Balaban J connectivity index is 1.34. The SMILES string of the molecule is O=C(C=Cc1ccco1)NC(=S)NC12CC3CC(CC(C3)C1)C2. The minimum Gasteiger partial charge on any atom is -0.465 e. The Morgan fingerprint density at radius 1 is 1.22 bits per heavy atom. The summed E-state index contributed by atoms with van der Waals surface area (Å²) in [7, 11) is 0. The maximum absolute atomic E-state index is 12.0. The Bertz CT molecular complexity index is 600. The zero-order valence-corrected chi connectivity index (χ0v) is 13.9. The monoisotopic (exact) mass is 330 g/mol. The molecule has 1 aromatic heterocycles. The van der Waals surface area contributed by atoms with Crippen molar-refractivity contribution in [2.24, 2.45) is 17.8 Å². The van der Waals surface area contributed by atoms with Crippen LogP contribution in [0, 0.1) is 17.8 Å². The first kappa shape index (κ1) is 14.9. The second-order valence-electron chi connectivity index (χ2n) is 7.49. The van der Waals surface area contributed by atoms with E-state index in [2.05, 4.69) is 10.6 Å². The van der Waals surface area contributed by atoms with E-state index in [1.165, 1.54) is 44.6 Å². The van der Waals surface area contributed by atoms with Gasteiger partial charge in [0, 0.05) is 11.6 Å². The van der Waals surface area contributed by atoms with E-state index in [1.54, 1.807) is 24.5 Å². The highest BCUT2D eigenvalue weighted by atomic mass is 32.1. The molecule has 0 spiro atoms. The zero-order valence-electron chi connectivity index (χ0n) is 13.1. The van der Waals surface area contributed by atoms with Crippen molar-refractivity contribution in [2.45, 2.75) is 44.1 Å². The molecule has 0 aromatic carbocycles. The molecule has 122 valence electrons. The molecule has 4 saturated carbocycles. The molecule has 0 saturated heterocycles. The maximum atomic E-state index is 12.0. The van der Waals surface area contributed by atoms with Gasteiger partial charge >= 0.3 is 0 Å². The molecule has 0 unspecified atom stereocenters. The molecule has 0 radical (unpaired) electrons. The Morgan fingerprint density at radius 3 is 2.43 bits per heavy atom. The minimum atomic E-state index is -0.219. The van der Waals surface area contributed by atoms with E-state index in [-0.39, 0.29) is 11.4 Å². The number of nitrogens with one attached hydrogen (secondary N) is 2. The Morgan fingerprint density at radius 2 is 1.87 bits per heavy atom. The summed E-state index contributed by atoms with van der Waals surface area (Å²) >= 11 is 5.38. The molecule has 4 aliphatic rings. The van der Waals surface area contributed by atoms with Gasteiger partial charge in [0.05, 0.1) is 6.26 Å². The first-order valence-electron chi connectivity index (χ1n) is 8.45. The number of furan rings is 1. The average molecular weight is 330 g/mol. The molecular weight excluding hydrogens is 308 g/mol. The predicted molar refractivity (Wildman–Crippen MR) is 92.5 cm³/mol. The van der Waals surface area contributed by atoms with Crippen LogP contribution in [0.5, 0.6) is 0 Å². The lowest BCUT2D eigenvalue weighted by Gasteiger charge is -2.57. The van der Waals surface area contributed by atoms with Gasteiger partial charge in [0.15, 0.2) is 5.11 Å². The van der Waals surface area contributed by atoms with Crippen LogP contribution in [0.25, 0.3) is 6.08 Å². The van der Waals surface area contributed by atoms with Crippen LogP contribution in [0.15, 0.2) is 28.9 Å². The fourth-order valence-electron chi connectivity index (χ4n) is 5.23. The van der Waals surface area contributed by atoms with Crippen molar-refractivity contribution in [3.05, 3.63) is 30.2 Å². The number of carbonyl (C=O) groups excluding carboxylic acids is 1. The molecule has 1 aromatic rings. The summed E-state index contributed by atoms with van der Waals surface area (Å²) in [4.78, 5) is 12.0. The van der Waals surface area contributed by atoms with Crippen LogP contribution in [0.1, 0.15) is 44.3 Å².